The van der Waals surface area contributed by atoms with Crippen molar-refractivity contribution in [3.8, 4) is 0 Å². The number of nitrogens with zero attached hydrogens (tertiary/aromatic N) is 2. The van der Waals surface area contributed by atoms with Gasteiger partial charge in [-0.15, -0.1) is 0 Å². The maximum atomic E-state index is 2.42. The first-order valence-electron chi connectivity index (χ1n) is 3.98. The topological polar surface area (TPSA) is 6.48 Å². The molecule has 0 N–H and O–H groups in total. The maximum Gasteiger partial charge on any atom is 0.0231 e. The number of hydrogen-bond donors (Lipinski definition) is 0. The maximum absolute atomic E-state index is 2.42. The molecule has 0 aromatic carbocycles. The van der Waals surface area contributed by atoms with Crippen molar-refractivity contribution in [2.75, 3.05) is 27.7 Å². The summed E-state index contributed by atoms with van der Waals surface area (Å²) in [6.45, 7) is 3.53. The molecule has 1 fully saturated rings. The van der Waals surface area contributed by atoms with Gasteiger partial charge in [0.15, 0.2) is 0 Å². The minimum Gasteiger partial charge on any atom is -0.305 e. The van der Waals surface area contributed by atoms with Gasteiger partial charge in [0.25, 0.3) is 0 Å². The van der Waals surface area contributed by atoms with Crippen molar-refractivity contribution in [3.05, 3.63) is 0 Å². The monoisotopic (exact) mass is 142 g/mol. The van der Waals surface area contributed by atoms with Crippen LogP contribution in [0.15, 0.2) is 0 Å². The van der Waals surface area contributed by atoms with E-state index in [1.54, 1.807) is 0 Å². The van der Waals surface area contributed by atoms with E-state index in [0.29, 0.717) is 0 Å². The first kappa shape index (κ1) is 8.02. The van der Waals surface area contributed by atoms with Crippen molar-refractivity contribution in [3.63, 3.8) is 0 Å². The van der Waals surface area contributed by atoms with Gasteiger partial charge in [-0.2, -0.15) is 0 Å². The smallest absolute Gasteiger partial charge is 0.0231 e. The molecule has 10 heavy (non-hydrogen) atoms. The molecule has 2 atom stereocenters. The van der Waals surface area contributed by atoms with Gasteiger partial charge < -0.3 is 9.80 Å². The summed E-state index contributed by atoms with van der Waals surface area (Å²) in [5, 5.41) is 0. The van der Waals surface area contributed by atoms with Crippen LogP contribution in [0.25, 0.3) is 0 Å². The molecule has 0 aromatic heterocycles. The summed E-state index contributed by atoms with van der Waals surface area (Å²) >= 11 is 0. The van der Waals surface area contributed by atoms with Crippen molar-refractivity contribution in [1.29, 1.82) is 0 Å². The minimum atomic E-state index is 0.771. The lowest BCUT2D eigenvalue weighted by Crippen LogP contribution is -2.30. The Bertz CT molecular complexity index is 102. The second-order valence-electron chi connectivity index (χ2n) is 3.64. The molecule has 1 saturated heterocycles. The molecular formula is C8H18N2. The van der Waals surface area contributed by atoms with E-state index in [-0.39, 0.29) is 0 Å². The average Bonchev–Trinajstić information content (AvgIpc) is 2.13. The molecule has 1 heterocycles. The number of likely N-dealkylation sites (N-methyl/N-ethyl adjacent to an activating group) is 2. The van der Waals surface area contributed by atoms with Crippen LogP contribution < -0.4 is 0 Å². The summed E-state index contributed by atoms with van der Waals surface area (Å²) in [6.07, 6.45) is 1.32. The van der Waals surface area contributed by atoms with Crippen molar-refractivity contribution in [2.24, 2.45) is 0 Å². The van der Waals surface area contributed by atoms with Gasteiger partial charge in [0.05, 0.1) is 0 Å². The fourth-order valence-corrected chi connectivity index (χ4v) is 1.53. The number of rotatable bonds is 1. The predicted molar refractivity (Wildman–Crippen MR) is 44.2 cm³/mol. The van der Waals surface area contributed by atoms with E-state index in [9.17, 15) is 0 Å². The van der Waals surface area contributed by atoms with Gasteiger partial charge in [0.2, 0.25) is 0 Å². The first-order valence-corrected chi connectivity index (χ1v) is 3.98. The zero-order chi connectivity index (χ0) is 7.72. The fourth-order valence-electron chi connectivity index (χ4n) is 1.53. The molecule has 2 nitrogen and oxygen atoms in total. The highest BCUT2D eigenvalue weighted by molar-refractivity contribution is 4.84. The highest BCUT2D eigenvalue weighted by Crippen LogP contribution is 2.17. The van der Waals surface area contributed by atoms with E-state index >= 15 is 0 Å². The van der Waals surface area contributed by atoms with Gasteiger partial charge >= 0.3 is 0 Å². The Kier molecular flexibility index (Phi) is 2.32. The molecule has 0 amide bonds. The molecule has 0 saturated carbocycles. The second-order valence-corrected chi connectivity index (χ2v) is 3.64. The van der Waals surface area contributed by atoms with Gasteiger partial charge in [0.1, 0.15) is 0 Å². The predicted octanol–water partition coefficient (Wildman–Crippen LogP) is 0.641. The molecule has 0 bridgehead atoms. The molecule has 0 unspecified atom stereocenters. The van der Waals surface area contributed by atoms with Crippen LogP contribution in [-0.4, -0.2) is 49.6 Å². The van der Waals surface area contributed by atoms with E-state index in [4.69, 9.17) is 0 Å². The SMILES string of the molecule is C[C@H]1C[C@@H](N(C)C)CN1C. The normalized spacial score (nSPS) is 35.7. The second kappa shape index (κ2) is 2.89. The van der Waals surface area contributed by atoms with E-state index < -0.39 is 0 Å². The molecule has 0 spiro atoms. The van der Waals surface area contributed by atoms with Gasteiger partial charge in [0, 0.05) is 18.6 Å². The summed E-state index contributed by atoms with van der Waals surface area (Å²) in [6, 6.07) is 1.55. The third kappa shape index (κ3) is 1.50. The quantitative estimate of drug-likeness (QED) is 0.530. The van der Waals surface area contributed by atoms with Crippen LogP contribution in [-0.2, 0) is 0 Å². The molecule has 1 aliphatic heterocycles. The zero-order valence-corrected chi connectivity index (χ0v) is 7.46. The Balaban J connectivity index is 2.41. The summed E-state index contributed by atoms with van der Waals surface area (Å²) < 4.78 is 0. The summed E-state index contributed by atoms with van der Waals surface area (Å²) in [7, 11) is 6.53. The van der Waals surface area contributed by atoms with Crippen LogP contribution in [0.3, 0.4) is 0 Å². The molecule has 60 valence electrons. The Morgan fingerprint density at radius 2 is 2.00 bits per heavy atom. The first-order chi connectivity index (χ1) is 4.61. The average molecular weight is 142 g/mol. The number of hydrogen-bond acceptors (Lipinski definition) is 2. The Hall–Kier alpha value is -0.0800. The van der Waals surface area contributed by atoms with Crippen LogP contribution in [0, 0.1) is 0 Å². The molecule has 0 radical (unpaired) electrons. The zero-order valence-electron chi connectivity index (χ0n) is 7.46. The highest BCUT2D eigenvalue weighted by Gasteiger charge is 2.26. The van der Waals surface area contributed by atoms with Crippen molar-refractivity contribution >= 4 is 0 Å². The summed E-state index contributed by atoms with van der Waals surface area (Å²) in [4.78, 5) is 4.74. The van der Waals surface area contributed by atoms with Crippen LogP contribution in [0.4, 0.5) is 0 Å². The Morgan fingerprint density at radius 1 is 1.40 bits per heavy atom. The lowest BCUT2D eigenvalue weighted by molar-refractivity contribution is 0.283. The fraction of sp³-hybridized carbons (Fsp3) is 1.00. The van der Waals surface area contributed by atoms with E-state index in [1.807, 2.05) is 0 Å². The summed E-state index contributed by atoms with van der Waals surface area (Å²) in [5.74, 6) is 0. The molecule has 0 aliphatic carbocycles. The van der Waals surface area contributed by atoms with Crippen LogP contribution >= 0.6 is 0 Å². The van der Waals surface area contributed by atoms with Crippen LogP contribution in [0.5, 0.6) is 0 Å². The van der Waals surface area contributed by atoms with Crippen LogP contribution in [0.2, 0.25) is 0 Å². The van der Waals surface area contributed by atoms with E-state index in [2.05, 4.69) is 37.9 Å². The minimum absolute atomic E-state index is 0.771. The van der Waals surface area contributed by atoms with Gasteiger partial charge in [-0.05, 0) is 34.5 Å². The van der Waals surface area contributed by atoms with Crippen molar-refractivity contribution < 1.29 is 0 Å². The largest absolute Gasteiger partial charge is 0.305 e. The third-order valence-corrected chi connectivity index (χ3v) is 2.59. The highest BCUT2D eigenvalue weighted by atomic mass is 15.2. The molecule has 0 aromatic rings. The van der Waals surface area contributed by atoms with Gasteiger partial charge in [-0.25, -0.2) is 0 Å². The van der Waals surface area contributed by atoms with Gasteiger partial charge in [-0.1, -0.05) is 0 Å². The number of likely N-dealkylation sites (tertiary alicyclic amines) is 1. The molecule has 2 heteroatoms. The van der Waals surface area contributed by atoms with Crippen LogP contribution in [0.1, 0.15) is 13.3 Å². The van der Waals surface area contributed by atoms with Crippen molar-refractivity contribution in [1.82, 2.24) is 9.80 Å². The van der Waals surface area contributed by atoms with E-state index in [1.165, 1.54) is 13.0 Å². The third-order valence-electron chi connectivity index (χ3n) is 2.59. The lowest BCUT2D eigenvalue weighted by atomic mass is 10.2. The van der Waals surface area contributed by atoms with Gasteiger partial charge in [-0.3, -0.25) is 0 Å². The Labute approximate surface area is 63.8 Å². The molecule has 1 rings (SSSR count). The van der Waals surface area contributed by atoms with E-state index in [0.717, 1.165) is 12.1 Å². The molecular weight excluding hydrogens is 124 g/mol. The standard InChI is InChI=1S/C8H18N2/c1-7-5-8(9(2)3)6-10(7)4/h7-8H,5-6H2,1-4H3/t7-,8+/m0/s1. The molecule has 1 aliphatic rings. The summed E-state index contributed by atoms with van der Waals surface area (Å²) in [5.41, 5.74) is 0. The van der Waals surface area contributed by atoms with Crippen molar-refractivity contribution in [2.45, 2.75) is 25.4 Å². The Morgan fingerprint density at radius 3 is 2.20 bits per heavy atom. The lowest BCUT2D eigenvalue weighted by Gasteiger charge is -2.17.